The van der Waals surface area contributed by atoms with Crippen LogP contribution in [0.1, 0.15) is 27.2 Å². The second-order valence-corrected chi connectivity index (χ2v) is 6.88. The number of hydrogen-bond acceptors (Lipinski definition) is 3. The number of halogens is 3. The highest BCUT2D eigenvalue weighted by atomic mass is 19.4. The highest BCUT2D eigenvalue weighted by Gasteiger charge is 2.30. The number of fused-ring (bicyclic) bond motifs is 1. The molecule has 0 radical (unpaired) electrons. The average molecular weight is 397 g/mol. The summed E-state index contributed by atoms with van der Waals surface area (Å²) in [5.41, 5.74) is 2.66. The fourth-order valence-electron chi connectivity index (χ4n) is 3.40. The molecule has 1 amide bonds. The maximum Gasteiger partial charge on any atom is 0.416 e. The molecule has 1 N–H and O–H groups in total. The number of alkyl halides is 3. The molecule has 0 aliphatic carbocycles. The monoisotopic (exact) mass is 397 g/mol. The SMILES string of the molecule is O=C(c1cc(Nc2cccc(C(F)(F)F)c2)ccn1)N1CCc2ccccc2C1. The van der Waals surface area contributed by atoms with E-state index in [1.807, 2.05) is 18.2 Å². The molecule has 0 bridgehead atoms. The number of amides is 1. The number of carbonyl (C=O) groups excluding carboxylic acids is 1. The van der Waals surface area contributed by atoms with E-state index in [0.29, 0.717) is 18.8 Å². The lowest BCUT2D eigenvalue weighted by Gasteiger charge is -2.28. The van der Waals surface area contributed by atoms with Crippen molar-refractivity contribution in [1.29, 1.82) is 0 Å². The Labute approximate surface area is 166 Å². The normalized spacial score (nSPS) is 13.7. The van der Waals surface area contributed by atoms with Crippen LogP contribution in [0.5, 0.6) is 0 Å². The zero-order chi connectivity index (χ0) is 20.4. The molecule has 7 heteroatoms. The first-order valence-electron chi connectivity index (χ1n) is 9.16. The fraction of sp³-hybridized carbons (Fsp3) is 0.182. The number of hydrogen-bond donors (Lipinski definition) is 1. The summed E-state index contributed by atoms with van der Waals surface area (Å²) in [4.78, 5) is 18.8. The molecule has 2 aromatic carbocycles. The van der Waals surface area contributed by atoms with Gasteiger partial charge in [-0.1, -0.05) is 30.3 Å². The molecular weight excluding hydrogens is 379 g/mol. The van der Waals surface area contributed by atoms with Gasteiger partial charge in [-0.25, -0.2) is 0 Å². The predicted octanol–water partition coefficient (Wildman–Crippen LogP) is 5.04. The van der Waals surface area contributed by atoms with E-state index in [1.165, 1.54) is 17.8 Å². The Balaban J connectivity index is 1.51. The molecule has 0 saturated heterocycles. The van der Waals surface area contributed by atoms with Crippen LogP contribution in [0.4, 0.5) is 24.5 Å². The number of nitrogens with one attached hydrogen (secondary N) is 1. The molecule has 2 heterocycles. The van der Waals surface area contributed by atoms with E-state index >= 15 is 0 Å². The molecule has 0 spiro atoms. The van der Waals surface area contributed by atoms with Gasteiger partial charge < -0.3 is 10.2 Å². The van der Waals surface area contributed by atoms with Gasteiger partial charge in [0, 0.05) is 30.7 Å². The molecule has 0 atom stereocenters. The van der Waals surface area contributed by atoms with E-state index in [-0.39, 0.29) is 17.3 Å². The Bertz CT molecular complexity index is 1050. The molecule has 4 rings (SSSR count). The minimum absolute atomic E-state index is 0.202. The molecule has 4 nitrogen and oxygen atoms in total. The second kappa shape index (κ2) is 7.58. The molecule has 148 valence electrons. The van der Waals surface area contributed by atoms with Gasteiger partial charge in [0.2, 0.25) is 0 Å². The molecule has 29 heavy (non-hydrogen) atoms. The highest BCUT2D eigenvalue weighted by molar-refractivity contribution is 5.93. The van der Waals surface area contributed by atoms with Crippen molar-refractivity contribution >= 4 is 17.3 Å². The van der Waals surface area contributed by atoms with Gasteiger partial charge in [-0.2, -0.15) is 13.2 Å². The zero-order valence-corrected chi connectivity index (χ0v) is 15.4. The van der Waals surface area contributed by atoms with Gasteiger partial charge in [0.1, 0.15) is 5.69 Å². The van der Waals surface area contributed by atoms with Crippen LogP contribution in [0, 0.1) is 0 Å². The lowest BCUT2D eigenvalue weighted by molar-refractivity contribution is -0.137. The van der Waals surface area contributed by atoms with Crippen LogP contribution in [-0.4, -0.2) is 22.3 Å². The second-order valence-electron chi connectivity index (χ2n) is 6.88. The molecular formula is C22H18F3N3O. The fourth-order valence-corrected chi connectivity index (χ4v) is 3.40. The Hall–Kier alpha value is -3.35. The van der Waals surface area contributed by atoms with Crippen molar-refractivity contribution in [3.8, 4) is 0 Å². The summed E-state index contributed by atoms with van der Waals surface area (Å²) in [5.74, 6) is -0.202. The van der Waals surface area contributed by atoms with Crippen LogP contribution in [0.25, 0.3) is 0 Å². The average Bonchev–Trinajstić information content (AvgIpc) is 2.72. The van der Waals surface area contributed by atoms with Gasteiger partial charge >= 0.3 is 6.18 Å². The number of rotatable bonds is 3. The van der Waals surface area contributed by atoms with Crippen molar-refractivity contribution in [3.05, 3.63) is 89.2 Å². The standard InChI is InChI=1S/C22H18F3N3O/c23-22(24,25)17-6-3-7-18(12-17)27-19-8-10-26-20(13-19)21(29)28-11-9-15-4-1-2-5-16(15)14-28/h1-8,10,12-13H,9,11,14H2,(H,26,27). The molecule has 3 aromatic rings. The number of carbonyl (C=O) groups is 1. The minimum Gasteiger partial charge on any atom is -0.355 e. The van der Waals surface area contributed by atoms with Crippen molar-refractivity contribution in [2.75, 3.05) is 11.9 Å². The van der Waals surface area contributed by atoms with E-state index < -0.39 is 11.7 Å². The summed E-state index contributed by atoms with van der Waals surface area (Å²) in [6, 6.07) is 16.1. The van der Waals surface area contributed by atoms with Crippen LogP contribution in [0.3, 0.4) is 0 Å². The Morgan fingerprint density at radius 2 is 1.72 bits per heavy atom. The zero-order valence-electron chi connectivity index (χ0n) is 15.4. The predicted molar refractivity (Wildman–Crippen MR) is 104 cm³/mol. The van der Waals surface area contributed by atoms with Gasteiger partial charge in [-0.15, -0.1) is 0 Å². The first-order chi connectivity index (χ1) is 13.9. The number of benzene rings is 2. The van der Waals surface area contributed by atoms with Gasteiger partial charge in [-0.3, -0.25) is 9.78 Å². The maximum absolute atomic E-state index is 12.9. The van der Waals surface area contributed by atoms with Crippen molar-refractivity contribution < 1.29 is 18.0 Å². The van der Waals surface area contributed by atoms with E-state index in [9.17, 15) is 18.0 Å². The van der Waals surface area contributed by atoms with Crippen LogP contribution < -0.4 is 5.32 Å². The van der Waals surface area contributed by atoms with Crippen molar-refractivity contribution in [2.24, 2.45) is 0 Å². The summed E-state index contributed by atoms with van der Waals surface area (Å²) >= 11 is 0. The van der Waals surface area contributed by atoms with Gasteiger partial charge in [0.15, 0.2) is 0 Å². The summed E-state index contributed by atoms with van der Waals surface area (Å²) < 4.78 is 38.7. The summed E-state index contributed by atoms with van der Waals surface area (Å²) in [7, 11) is 0. The highest BCUT2D eigenvalue weighted by Crippen LogP contribution is 2.31. The number of anilines is 2. The number of nitrogens with zero attached hydrogens (tertiary/aromatic N) is 2. The van der Waals surface area contributed by atoms with Gasteiger partial charge in [0.25, 0.3) is 5.91 Å². The topological polar surface area (TPSA) is 45.2 Å². The minimum atomic E-state index is -4.42. The molecule has 1 aromatic heterocycles. The third-order valence-electron chi connectivity index (χ3n) is 4.88. The molecule has 1 aliphatic rings. The summed E-state index contributed by atoms with van der Waals surface area (Å²) in [6.45, 7) is 1.12. The number of aromatic nitrogens is 1. The molecule has 0 unspecified atom stereocenters. The van der Waals surface area contributed by atoms with E-state index in [1.54, 1.807) is 23.1 Å². The van der Waals surface area contributed by atoms with Gasteiger partial charge in [0.05, 0.1) is 5.56 Å². The lowest BCUT2D eigenvalue weighted by Crippen LogP contribution is -2.36. The van der Waals surface area contributed by atoms with Crippen LogP contribution in [0.15, 0.2) is 66.9 Å². The van der Waals surface area contributed by atoms with E-state index in [0.717, 1.165) is 24.1 Å². The third kappa shape index (κ3) is 4.23. The van der Waals surface area contributed by atoms with Crippen molar-refractivity contribution in [1.82, 2.24) is 9.88 Å². The molecule has 0 fully saturated rings. The van der Waals surface area contributed by atoms with Gasteiger partial charge in [-0.05, 0) is 47.9 Å². The van der Waals surface area contributed by atoms with Crippen LogP contribution >= 0.6 is 0 Å². The Kier molecular flexibility index (Phi) is 4.96. The third-order valence-corrected chi connectivity index (χ3v) is 4.88. The van der Waals surface area contributed by atoms with Crippen LogP contribution in [0.2, 0.25) is 0 Å². The summed E-state index contributed by atoms with van der Waals surface area (Å²) in [5, 5.41) is 2.92. The van der Waals surface area contributed by atoms with E-state index in [4.69, 9.17) is 0 Å². The lowest BCUT2D eigenvalue weighted by atomic mass is 10.00. The Morgan fingerprint density at radius 1 is 0.966 bits per heavy atom. The van der Waals surface area contributed by atoms with E-state index in [2.05, 4.69) is 16.4 Å². The first kappa shape index (κ1) is 19.0. The first-order valence-corrected chi connectivity index (χ1v) is 9.16. The van der Waals surface area contributed by atoms with Crippen LogP contribution in [-0.2, 0) is 19.1 Å². The quantitative estimate of drug-likeness (QED) is 0.673. The summed E-state index contributed by atoms with van der Waals surface area (Å²) in [6.07, 6.45) is -2.16. The molecule has 0 saturated carbocycles. The van der Waals surface area contributed by atoms with Crippen molar-refractivity contribution in [2.45, 2.75) is 19.1 Å². The number of pyridine rings is 1. The van der Waals surface area contributed by atoms with Crippen molar-refractivity contribution in [3.63, 3.8) is 0 Å². The smallest absolute Gasteiger partial charge is 0.355 e. The maximum atomic E-state index is 12.9. The Morgan fingerprint density at radius 3 is 2.52 bits per heavy atom. The molecule has 1 aliphatic heterocycles. The largest absolute Gasteiger partial charge is 0.416 e.